The molecule has 0 saturated carbocycles. The molecule has 24 heavy (non-hydrogen) atoms. The average molecular weight is 348 g/mol. The van der Waals surface area contributed by atoms with Crippen molar-refractivity contribution in [1.82, 2.24) is 19.2 Å². The highest BCUT2D eigenvalue weighted by atomic mass is 32.1. The molecule has 0 radical (unpaired) electrons. The van der Waals surface area contributed by atoms with Gasteiger partial charge in [-0.3, -0.25) is 18.9 Å². The van der Waals surface area contributed by atoms with Crippen LogP contribution < -0.4 is 5.56 Å². The molecule has 0 unspecified atom stereocenters. The van der Waals surface area contributed by atoms with Crippen molar-refractivity contribution in [1.29, 1.82) is 0 Å². The molecule has 2 saturated heterocycles. The predicted octanol–water partition coefficient (Wildman–Crippen LogP) is 0.437. The summed E-state index contributed by atoms with van der Waals surface area (Å²) in [5.74, 6) is 0.267. The van der Waals surface area contributed by atoms with Gasteiger partial charge in [0.25, 0.3) is 5.56 Å². The first-order chi connectivity index (χ1) is 11.7. The molecule has 2 aliphatic heterocycles. The van der Waals surface area contributed by atoms with Crippen LogP contribution in [0.15, 0.2) is 22.4 Å². The van der Waals surface area contributed by atoms with Gasteiger partial charge in [-0.1, -0.05) is 0 Å². The second-order valence-corrected chi connectivity index (χ2v) is 7.18. The summed E-state index contributed by atoms with van der Waals surface area (Å²) in [6.45, 7) is 5.00. The topological polar surface area (TPSA) is 67.2 Å². The maximum absolute atomic E-state index is 12.4. The summed E-state index contributed by atoms with van der Waals surface area (Å²) in [7, 11) is 0. The minimum atomic E-state index is -0.0358. The maximum Gasteiger partial charge on any atom is 0.258 e. The Labute approximate surface area is 143 Å². The van der Waals surface area contributed by atoms with Crippen molar-refractivity contribution < 1.29 is 9.53 Å². The molecule has 4 heterocycles. The number of rotatable bonds is 3. The molecule has 1 amide bonds. The number of carbonyl (C=O) groups excluding carboxylic acids is 1. The second-order valence-electron chi connectivity index (χ2n) is 6.30. The molecule has 128 valence electrons. The number of carbonyl (C=O) groups is 1. The van der Waals surface area contributed by atoms with Crippen molar-refractivity contribution in [3.8, 4) is 0 Å². The molecule has 1 atom stereocenters. The first-order valence-corrected chi connectivity index (χ1v) is 9.13. The first-order valence-electron chi connectivity index (χ1n) is 8.25. The summed E-state index contributed by atoms with van der Waals surface area (Å²) < 4.78 is 6.88. The van der Waals surface area contributed by atoms with Crippen molar-refractivity contribution in [2.75, 3.05) is 39.4 Å². The summed E-state index contributed by atoms with van der Waals surface area (Å²) >= 11 is 1.46. The fraction of sp³-hybridized carbons (Fsp3) is 0.562. The van der Waals surface area contributed by atoms with Gasteiger partial charge in [0.2, 0.25) is 5.91 Å². The number of aromatic nitrogens is 2. The van der Waals surface area contributed by atoms with E-state index < -0.39 is 0 Å². The molecule has 0 aliphatic carbocycles. The van der Waals surface area contributed by atoms with E-state index in [-0.39, 0.29) is 17.4 Å². The predicted molar refractivity (Wildman–Crippen MR) is 90.1 cm³/mol. The van der Waals surface area contributed by atoms with Crippen molar-refractivity contribution in [2.24, 2.45) is 5.92 Å². The van der Waals surface area contributed by atoms with Gasteiger partial charge in [-0.05, 0) is 6.42 Å². The lowest BCUT2D eigenvalue weighted by molar-refractivity contribution is -0.137. The molecule has 0 spiro atoms. The Hall–Kier alpha value is -1.77. The fourth-order valence-electron chi connectivity index (χ4n) is 3.31. The van der Waals surface area contributed by atoms with E-state index in [0.717, 1.165) is 43.3 Å². The molecular weight excluding hydrogens is 328 g/mol. The highest BCUT2D eigenvalue weighted by molar-refractivity contribution is 7.15. The fourth-order valence-corrected chi connectivity index (χ4v) is 4.05. The smallest absolute Gasteiger partial charge is 0.258 e. The Morgan fingerprint density at radius 1 is 1.33 bits per heavy atom. The number of hydrogen-bond acceptors (Lipinski definition) is 6. The summed E-state index contributed by atoms with van der Waals surface area (Å²) in [4.78, 5) is 33.9. The maximum atomic E-state index is 12.4. The Bertz CT molecular complexity index is 788. The number of thiazole rings is 1. The van der Waals surface area contributed by atoms with E-state index in [1.54, 1.807) is 16.7 Å². The van der Waals surface area contributed by atoms with Gasteiger partial charge in [-0.25, -0.2) is 4.98 Å². The Kier molecular flexibility index (Phi) is 4.34. The van der Waals surface area contributed by atoms with Gasteiger partial charge in [-0.2, -0.15) is 0 Å². The third-order valence-corrected chi connectivity index (χ3v) is 5.46. The highest BCUT2D eigenvalue weighted by Crippen LogP contribution is 2.17. The zero-order chi connectivity index (χ0) is 16.5. The van der Waals surface area contributed by atoms with Crippen LogP contribution in [-0.2, 0) is 16.1 Å². The number of amides is 1. The van der Waals surface area contributed by atoms with E-state index in [1.165, 1.54) is 11.3 Å². The molecule has 0 N–H and O–H groups in total. The third-order valence-electron chi connectivity index (χ3n) is 4.70. The van der Waals surface area contributed by atoms with Crippen LogP contribution >= 0.6 is 11.3 Å². The summed E-state index contributed by atoms with van der Waals surface area (Å²) in [5.41, 5.74) is 0.762. The van der Waals surface area contributed by atoms with E-state index in [4.69, 9.17) is 4.74 Å². The van der Waals surface area contributed by atoms with Crippen molar-refractivity contribution >= 4 is 22.2 Å². The SMILES string of the molecule is O=C([C@H]1CCOC1)N1CCN(Cc2cc(=O)n3ccsc3n2)CC1. The quantitative estimate of drug-likeness (QED) is 0.805. The largest absolute Gasteiger partial charge is 0.381 e. The second kappa shape index (κ2) is 6.62. The molecule has 2 aromatic rings. The van der Waals surface area contributed by atoms with E-state index in [2.05, 4.69) is 9.88 Å². The summed E-state index contributed by atoms with van der Waals surface area (Å²) in [5, 5.41) is 1.87. The lowest BCUT2D eigenvalue weighted by atomic mass is 10.1. The number of nitrogens with zero attached hydrogens (tertiary/aromatic N) is 4. The van der Waals surface area contributed by atoms with Crippen LogP contribution in [0.3, 0.4) is 0 Å². The van der Waals surface area contributed by atoms with Gasteiger partial charge < -0.3 is 9.64 Å². The van der Waals surface area contributed by atoms with Crippen molar-refractivity contribution in [3.63, 3.8) is 0 Å². The minimum absolute atomic E-state index is 0.0358. The van der Waals surface area contributed by atoms with Gasteiger partial charge in [0.1, 0.15) is 0 Å². The molecular formula is C16H20N4O3S. The van der Waals surface area contributed by atoms with Gasteiger partial charge in [-0.15, -0.1) is 11.3 Å². The Morgan fingerprint density at radius 3 is 2.92 bits per heavy atom. The standard InChI is InChI=1S/C16H20N4O3S/c21-14-9-13(17-16-20(14)6-8-24-16)10-18-2-4-19(5-3-18)15(22)12-1-7-23-11-12/h6,8-9,12H,1-5,7,10-11H2/t12-/m0/s1. The molecule has 8 heteroatoms. The van der Waals surface area contributed by atoms with Crippen LogP contribution in [0, 0.1) is 5.92 Å². The van der Waals surface area contributed by atoms with Crippen LogP contribution in [0.2, 0.25) is 0 Å². The number of fused-ring (bicyclic) bond motifs is 1. The van der Waals surface area contributed by atoms with Crippen molar-refractivity contribution in [2.45, 2.75) is 13.0 Å². The Balaban J connectivity index is 1.37. The summed E-state index contributed by atoms with van der Waals surface area (Å²) in [6.07, 6.45) is 2.59. The van der Waals surface area contributed by atoms with Gasteiger partial charge >= 0.3 is 0 Å². The monoisotopic (exact) mass is 348 g/mol. The van der Waals surface area contributed by atoms with Crippen LogP contribution in [0.5, 0.6) is 0 Å². The molecule has 7 nitrogen and oxygen atoms in total. The first kappa shape index (κ1) is 15.7. The van der Waals surface area contributed by atoms with E-state index in [0.29, 0.717) is 19.8 Å². The lowest BCUT2D eigenvalue weighted by Crippen LogP contribution is -2.50. The number of ether oxygens (including phenoxy) is 1. The Morgan fingerprint density at radius 2 is 2.17 bits per heavy atom. The molecule has 2 fully saturated rings. The molecule has 0 bridgehead atoms. The van der Waals surface area contributed by atoms with E-state index in [9.17, 15) is 9.59 Å². The molecule has 0 aromatic carbocycles. The normalized spacial score (nSPS) is 22.3. The van der Waals surface area contributed by atoms with Crippen molar-refractivity contribution in [3.05, 3.63) is 33.7 Å². The van der Waals surface area contributed by atoms with Gasteiger partial charge in [0.15, 0.2) is 4.96 Å². The zero-order valence-corrected chi connectivity index (χ0v) is 14.2. The lowest BCUT2D eigenvalue weighted by Gasteiger charge is -2.35. The molecule has 2 aliphatic rings. The van der Waals surface area contributed by atoms with Crippen LogP contribution in [0.1, 0.15) is 12.1 Å². The van der Waals surface area contributed by atoms with Gasteiger partial charge in [0, 0.05) is 57.0 Å². The summed E-state index contributed by atoms with van der Waals surface area (Å²) in [6, 6.07) is 1.60. The highest BCUT2D eigenvalue weighted by Gasteiger charge is 2.30. The molecule has 2 aromatic heterocycles. The number of hydrogen-bond donors (Lipinski definition) is 0. The van der Waals surface area contributed by atoms with E-state index >= 15 is 0 Å². The minimum Gasteiger partial charge on any atom is -0.381 e. The zero-order valence-electron chi connectivity index (χ0n) is 13.4. The van der Waals surface area contributed by atoms with E-state index in [1.807, 2.05) is 10.3 Å². The van der Waals surface area contributed by atoms with Gasteiger partial charge in [0.05, 0.1) is 18.2 Å². The number of piperazine rings is 1. The van der Waals surface area contributed by atoms with Crippen LogP contribution in [0.4, 0.5) is 0 Å². The third kappa shape index (κ3) is 3.09. The molecule has 4 rings (SSSR count). The average Bonchev–Trinajstić information content (AvgIpc) is 3.26. The van der Waals surface area contributed by atoms with Crippen LogP contribution in [0.25, 0.3) is 4.96 Å². The van der Waals surface area contributed by atoms with Crippen LogP contribution in [-0.4, -0.2) is 64.5 Å².